The van der Waals surface area contributed by atoms with E-state index in [1.807, 2.05) is 19.1 Å². The average molecular weight is 416 g/mol. The van der Waals surface area contributed by atoms with Crippen LogP contribution in [0.25, 0.3) is 11.1 Å². The molecule has 1 aliphatic rings. The Morgan fingerprint density at radius 1 is 1.06 bits per heavy atom. The van der Waals surface area contributed by atoms with E-state index in [0.29, 0.717) is 30.8 Å². The number of rotatable bonds is 4. The predicted molar refractivity (Wildman–Crippen MR) is 122 cm³/mol. The highest BCUT2D eigenvalue weighted by Crippen LogP contribution is 2.32. The molecule has 1 amide bonds. The number of halogens is 1. The predicted octanol–water partition coefficient (Wildman–Crippen LogP) is 5.70. The fourth-order valence-corrected chi connectivity index (χ4v) is 3.77. The molecule has 5 heteroatoms. The van der Waals surface area contributed by atoms with E-state index in [1.54, 1.807) is 24.1 Å². The minimum Gasteiger partial charge on any atom is -0.491 e. The van der Waals surface area contributed by atoms with Gasteiger partial charge in [0.15, 0.2) is 0 Å². The number of anilines is 1. The average Bonchev–Trinajstić information content (AvgIpc) is 2.98. The van der Waals surface area contributed by atoms with Gasteiger partial charge in [0.05, 0.1) is 6.54 Å². The minimum atomic E-state index is -0.311. The van der Waals surface area contributed by atoms with E-state index < -0.39 is 0 Å². The summed E-state index contributed by atoms with van der Waals surface area (Å²) < 4.78 is 19.5. The zero-order valence-electron chi connectivity index (χ0n) is 17.7. The van der Waals surface area contributed by atoms with E-state index in [4.69, 9.17) is 4.74 Å². The third-order valence-corrected chi connectivity index (χ3v) is 5.56. The summed E-state index contributed by atoms with van der Waals surface area (Å²) in [5.74, 6) is 0.345. The van der Waals surface area contributed by atoms with Gasteiger partial charge < -0.3 is 15.0 Å². The quantitative estimate of drug-likeness (QED) is 0.593. The molecule has 0 atom stereocenters. The van der Waals surface area contributed by atoms with Gasteiger partial charge in [0, 0.05) is 23.4 Å². The molecule has 0 spiro atoms. The molecule has 0 saturated carbocycles. The van der Waals surface area contributed by atoms with Gasteiger partial charge in [0.1, 0.15) is 18.2 Å². The number of fused-ring (bicyclic) bond motifs is 1. The molecular formula is C26H25FN2O2. The third-order valence-electron chi connectivity index (χ3n) is 5.56. The van der Waals surface area contributed by atoms with Crippen molar-refractivity contribution in [3.8, 4) is 16.9 Å². The molecule has 0 aromatic heterocycles. The number of hydrogen-bond donors (Lipinski definition) is 1. The fourth-order valence-electron chi connectivity index (χ4n) is 3.77. The largest absolute Gasteiger partial charge is 0.491 e. The van der Waals surface area contributed by atoms with E-state index in [1.165, 1.54) is 12.1 Å². The molecule has 158 valence electrons. The van der Waals surface area contributed by atoms with Crippen LogP contribution in [0.5, 0.6) is 5.75 Å². The molecule has 0 bridgehead atoms. The van der Waals surface area contributed by atoms with E-state index in [9.17, 15) is 9.18 Å². The lowest BCUT2D eigenvalue weighted by atomic mass is 10.00. The summed E-state index contributed by atoms with van der Waals surface area (Å²) in [7, 11) is 0. The Morgan fingerprint density at radius 2 is 1.84 bits per heavy atom. The Labute approximate surface area is 182 Å². The van der Waals surface area contributed by atoms with Crippen LogP contribution in [0.4, 0.5) is 10.1 Å². The second-order valence-corrected chi connectivity index (χ2v) is 7.74. The minimum absolute atomic E-state index is 0.127. The lowest BCUT2D eigenvalue weighted by molar-refractivity contribution is 0.0733. The van der Waals surface area contributed by atoms with Crippen LogP contribution in [0, 0.1) is 19.7 Å². The van der Waals surface area contributed by atoms with Crippen LogP contribution in [0.1, 0.15) is 27.0 Å². The van der Waals surface area contributed by atoms with Gasteiger partial charge in [-0.25, -0.2) is 4.39 Å². The smallest absolute Gasteiger partial charge is 0.254 e. The summed E-state index contributed by atoms with van der Waals surface area (Å²) in [4.78, 5) is 14.8. The SMILES string of the molecule is C=CNc1cc(-c2ccc3c(c2)CN(C(=O)c2ccc(F)c(C)c2)CCO3)ccc1C. The fraction of sp³-hybridized carbons (Fsp3) is 0.192. The van der Waals surface area contributed by atoms with Crippen LogP contribution in [0.2, 0.25) is 0 Å². The van der Waals surface area contributed by atoms with E-state index in [2.05, 4.69) is 36.2 Å². The van der Waals surface area contributed by atoms with Gasteiger partial charge in [-0.1, -0.05) is 24.8 Å². The topological polar surface area (TPSA) is 41.6 Å². The van der Waals surface area contributed by atoms with Crippen LogP contribution >= 0.6 is 0 Å². The first-order valence-electron chi connectivity index (χ1n) is 10.3. The van der Waals surface area contributed by atoms with Crippen molar-refractivity contribution in [3.63, 3.8) is 0 Å². The van der Waals surface area contributed by atoms with Crippen LogP contribution in [0.3, 0.4) is 0 Å². The van der Waals surface area contributed by atoms with Crippen LogP contribution < -0.4 is 10.1 Å². The number of aryl methyl sites for hydroxylation is 2. The Morgan fingerprint density at radius 3 is 2.61 bits per heavy atom. The van der Waals surface area contributed by atoms with Gasteiger partial charge in [-0.3, -0.25) is 4.79 Å². The maximum absolute atomic E-state index is 13.6. The Kier molecular flexibility index (Phi) is 5.76. The van der Waals surface area contributed by atoms with Crippen molar-refractivity contribution >= 4 is 11.6 Å². The van der Waals surface area contributed by atoms with Gasteiger partial charge in [-0.2, -0.15) is 0 Å². The van der Waals surface area contributed by atoms with Crippen molar-refractivity contribution in [2.45, 2.75) is 20.4 Å². The van der Waals surface area contributed by atoms with Crippen LogP contribution in [0.15, 0.2) is 67.4 Å². The Bertz CT molecular complexity index is 1160. The molecule has 0 saturated heterocycles. The standard InChI is InChI=1S/C26H25FN2O2/c1-4-28-24-15-20(6-5-17(24)2)19-8-10-25-22(14-19)16-29(11-12-31-25)26(30)21-7-9-23(27)18(3)13-21/h4-10,13-15,28H,1,11-12,16H2,2-3H3. The normalized spacial score (nSPS) is 13.1. The molecule has 31 heavy (non-hydrogen) atoms. The Hall–Kier alpha value is -3.60. The summed E-state index contributed by atoms with van der Waals surface area (Å²) in [6.45, 7) is 8.76. The number of nitrogens with one attached hydrogen (secondary N) is 1. The molecule has 0 fully saturated rings. The van der Waals surface area contributed by atoms with Crippen molar-refractivity contribution in [3.05, 3.63) is 95.4 Å². The molecule has 1 aliphatic heterocycles. The summed E-state index contributed by atoms with van der Waals surface area (Å²) in [5.41, 5.74) is 6.13. The number of ether oxygens (including phenoxy) is 1. The maximum atomic E-state index is 13.6. The first-order chi connectivity index (χ1) is 15.0. The number of hydrogen-bond acceptors (Lipinski definition) is 3. The highest BCUT2D eigenvalue weighted by molar-refractivity contribution is 5.94. The van der Waals surface area contributed by atoms with Crippen LogP contribution in [-0.4, -0.2) is 24.0 Å². The summed E-state index contributed by atoms with van der Waals surface area (Å²) >= 11 is 0. The number of carbonyl (C=O) groups is 1. The molecule has 3 aromatic rings. The lowest BCUT2D eigenvalue weighted by Gasteiger charge is -2.20. The monoisotopic (exact) mass is 416 g/mol. The highest BCUT2D eigenvalue weighted by Gasteiger charge is 2.22. The number of amides is 1. The van der Waals surface area contributed by atoms with Gasteiger partial charge in [-0.15, -0.1) is 0 Å². The van der Waals surface area contributed by atoms with Crippen LogP contribution in [-0.2, 0) is 6.54 Å². The molecule has 4 rings (SSSR count). The zero-order valence-corrected chi connectivity index (χ0v) is 17.7. The van der Waals surface area contributed by atoms with Gasteiger partial charge in [0.25, 0.3) is 5.91 Å². The molecule has 0 aliphatic carbocycles. The first kappa shape index (κ1) is 20.7. The highest BCUT2D eigenvalue weighted by atomic mass is 19.1. The molecule has 1 heterocycles. The van der Waals surface area contributed by atoms with Gasteiger partial charge in [-0.05, 0) is 78.7 Å². The summed E-state index contributed by atoms with van der Waals surface area (Å²) in [6.07, 6.45) is 1.66. The third kappa shape index (κ3) is 4.31. The van der Waals surface area contributed by atoms with Gasteiger partial charge >= 0.3 is 0 Å². The number of nitrogens with zero attached hydrogens (tertiary/aromatic N) is 1. The van der Waals surface area contributed by atoms with Crippen molar-refractivity contribution in [2.24, 2.45) is 0 Å². The molecule has 0 unspecified atom stereocenters. The second-order valence-electron chi connectivity index (χ2n) is 7.74. The molecule has 1 N–H and O–H groups in total. The first-order valence-corrected chi connectivity index (χ1v) is 10.3. The second kappa shape index (κ2) is 8.64. The summed E-state index contributed by atoms with van der Waals surface area (Å²) in [6, 6.07) is 16.8. The number of benzene rings is 3. The van der Waals surface area contributed by atoms with Crippen molar-refractivity contribution in [1.29, 1.82) is 0 Å². The molecule has 3 aromatic carbocycles. The van der Waals surface area contributed by atoms with Crippen molar-refractivity contribution < 1.29 is 13.9 Å². The van der Waals surface area contributed by atoms with Crippen molar-refractivity contribution in [2.75, 3.05) is 18.5 Å². The number of carbonyl (C=O) groups excluding carboxylic acids is 1. The maximum Gasteiger partial charge on any atom is 0.254 e. The molecular weight excluding hydrogens is 391 g/mol. The van der Waals surface area contributed by atoms with E-state index in [-0.39, 0.29) is 11.7 Å². The van der Waals surface area contributed by atoms with E-state index in [0.717, 1.165) is 33.7 Å². The van der Waals surface area contributed by atoms with E-state index >= 15 is 0 Å². The van der Waals surface area contributed by atoms with Crippen molar-refractivity contribution in [1.82, 2.24) is 4.90 Å². The molecule has 0 radical (unpaired) electrons. The Balaban J connectivity index is 1.64. The van der Waals surface area contributed by atoms with Gasteiger partial charge in [0.2, 0.25) is 0 Å². The molecule has 4 nitrogen and oxygen atoms in total. The zero-order chi connectivity index (χ0) is 22.0. The summed E-state index contributed by atoms with van der Waals surface area (Å²) in [5, 5.41) is 3.17. The lowest BCUT2D eigenvalue weighted by Crippen LogP contribution is -2.32.